The van der Waals surface area contributed by atoms with Crippen LogP contribution >= 0.6 is 0 Å². The summed E-state index contributed by atoms with van der Waals surface area (Å²) in [4.78, 5) is 0. The van der Waals surface area contributed by atoms with E-state index in [0.717, 1.165) is 6.61 Å². The van der Waals surface area contributed by atoms with Crippen molar-refractivity contribution in [3.8, 4) is 0 Å². The molecule has 1 heteroatoms. The summed E-state index contributed by atoms with van der Waals surface area (Å²) in [5, 5.41) is 0. The average Bonchev–Trinajstić information content (AvgIpc) is 3.15. The predicted molar refractivity (Wildman–Crippen MR) is 82.9 cm³/mol. The molecule has 1 aliphatic carbocycles. The van der Waals surface area contributed by atoms with Crippen LogP contribution in [0.2, 0.25) is 0 Å². The van der Waals surface area contributed by atoms with Crippen LogP contribution < -0.4 is 0 Å². The molecule has 0 aromatic heterocycles. The molecule has 0 radical (unpaired) electrons. The number of hydrogen-bond donors (Lipinski definition) is 0. The molecular formula is C19H21O+. The van der Waals surface area contributed by atoms with Crippen molar-refractivity contribution in [1.82, 2.24) is 0 Å². The molecule has 0 spiro atoms. The summed E-state index contributed by atoms with van der Waals surface area (Å²) in [6.45, 7) is 7.08. The van der Waals surface area contributed by atoms with Gasteiger partial charge in [-0.05, 0) is 44.0 Å². The van der Waals surface area contributed by atoms with Crippen LogP contribution in [0, 0.1) is 19.8 Å². The number of rotatable bonds is 4. The number of hydrogen-bond acceptors (Lipinski definition) is 1. The quantitative estimate of drug-likeness (QED) is 0.743. The third kappa shape index (κ3) is 2.46. The molecule has 2 unspecified atom stereocenters. The lowest BCUT2D eigenvalue weighted by Crippen LogP contribution is -1.97. The van der Waals surface area contributed by atoms with Crippen LogP contribution in [-0.4, -0.2) is 12.7 Å². The fraction of sp³-hybridized carbons (Fsp3) is 0.316. The maximum atomic E-state index is 5.91. The van der Waals surface area contributed by atoms with E-state index in [1.54, 1.807) is 0 Å². The van der Waals surface area contributed by atoms with Gasteiger partial charge in [0.2, 0.25) is 0 Å². The summed E-state index contributed by atoms with van der Waals surface area (Å²) in [6.07, 6.45) is 0.255. The second-order valence-corrected chi connectivity index (χ2v) is 5.59. The van der Waals surface area contributed by atoms with Crippen molar-refractivity contribution in [2.24, 2.45) is 0 Å². The van der Waals surface area contributed by atoms with Crippen molar-refractivity contribution in [2.75, 3.05) is 6.61 Å². The van der Waals surface area contributed by atoms with E-state index >= 15 is 0 Å². The van der Waals surface area contributed by atoms with Crippen molar-refractivity contribution in [1.29, 1.82) is 0 Å². The standard InChI is InChI=1S/C19H21O/c1-4-20-19-17(15-9-5-13(2)6-10-15)18(19)16-11-7-14(3)8-12-16/h5-12,17,19H,4H2,1-3H3/q+1. The van der Waals surface area contributed by atoms with E-state index in [4.69, 9.17) is 4.74 Å². The van der Waals surface area contributed by atoms with Gasteiger partial charge in [0.1, 0.15) is 11.7 Å². The van der Waals surface area contributed by atoms with E-state index in [2.05, 4.69) is 69.3 Å². The molecule has 0 aliphatic heterocycles. The molecule has 102 valence electrons. The second-order valence-electron chi connectivity index (χ2n) is 5.59. The smallest absolute Gasteiger partial charge is 0.146 e. The van der Waals surface area contributed by atoms with Crippen molar-refractivity contribution in [3.05, 3.63) is 76.7 Å². The molecule has 1 nitrogen and oxygen atoms in total. The molecule has 0 saturated heterocycles. The lowest BCUT2D eigenvalue weighted by molar-refractivity contribution is 0.132. The fourth-order valence-corrected chi connectivity index (χ4v) is 2.82. The van der Waals surface area contributed by atoms with Gasteiger partial charge in [0.15, 0.2) is 0 Å². The topological polar surface area (TPSA) is 9.23 Å². The Morgan fingerprint density at radius 1 is 0.900 bits per heavy atom. The molecule has 2 atom stereocenters. The normalized spacial score (nSPS) is 21.1. The van der Waals surface area contributed by atoms with Gasteiger partial charge in [0, 0.05) is 18.7 Å². The Morgan fingerprint density at radius 3 is 2.00 bits per heavy atom. The highest BCUT2D eigenvalue weighted by molar-refractivity contribution is 5.54. The number of benzene rings is 2. The minimum absolute atomic E-state index is 0.255. The minimum atomic E-state index is 0.255. The van der Waals surface area contributed by atoms with Crippen molar-refractivity contribution >= 4 is 0 Å². The molecule has 2 aromatic rings. The molecule has 20 heavy (non-hydrogen) atoms. The van der Waals surface area contributed by atoms with Crippen LogP contribution in [0.25, 0.3) is 0 Å². The van der Waals surface area contributed by atoms with Crippen molar-refractivity contribution in [3.63, 3.8) is 0 Å². The molecular weight excluding hydrogens is 244 g/mol. The zero-order valence-electron chi connectivity index (χ0n) is 12.4. The molecule has 0 heterocycles. The van der Waals surface area contributed by atoms with Gasteiger partial charge in [0.05, 0.1) is 11.8 Å². The SMILES string of the molecule is CCOC1[C+](c2ccc(C)cc2)C1c1ccc(C)cc1. The van der Waals surface area contributed by atoms with E-state index in [-0.39, 0.29) is 6.10 Å². The van der Waals surface area contributed by atoms with E-state index in [1.165, 1.54) is 28.2 Å². The highest BCUT2D eigenvalue weighted by Crippen LogP contribution is 2.55. The van der Waals surface area contributed by atoms with Crippen LogP contribution in [0.15, 0.2) is 48.5 Å². The number of aryl methyl sites for hydroxylation is 2. The van der Waals surface area contributed by atoms with Gasteiger partial charge < -0.3 is 4.74 Å². The third-order valence-corrected chi connectivity index (χ3v) is 4.00. The molecule has 0 amide bonds. The van der Waals surface area contributed by atoms with E-state index in [0.29, 0.717) is 5.92 Å². The molecule has 2 aromatic carbocycles. The first-order valence-corrected chi connectivity index (χ1v) is 7.32. The largest absolute Gasteiger partial charge is 0.359 e. The zero-order valence-corrected chi connectivity index (χ0v) is 12.4. The highest BCUT2D eigenvalue weighted by Gasteiger charge is 2.59. The van der Waals surface area contributed by atoms with Gasteiger partial charge in [-0.25, -0.2) is 0 Å². The van der Waals surface area contributed by atoms with Gasteiger partial charge in [0.25, 0.3) is 0 Å². The Morgan fingerprint density at radius 2 is 1.45 bits per heavy atom. The molecule has 0 bridgehead atoms. The van der Waals surface area contributed by atoms with Gasteiger partial charge in [-0.2, -0.15) is 0 Å². The lowest BCUT2D eigenvalue weighted by atomic mass is 10.0. The van der Waals surface area contributed by atoms with Gasteiger partial charge in [-0.15, -0.1) is 0 Å². The van der Waals surface area contributed by atoms with E-state index in [9.17, 15) is 0 Å². The summed E-state index contributed by atoms with van der Waals surface area (Å²) < 4.78 is 5.91. The first-order chi connectivity index (χ1) is 9.70. The Labute approximate surface area is 121 Å². The molecule has 0 N–H and O–H groups in total. The number of ether oxygens (including phenoxy) is 1. The Bertz CT molecular complexity index is 516. The fourth-order valence-electron chi connectivity index (χ4n) is 2.82. The first-order valence-electron chi connectivity index (χ1n) is 7.32. The predicted octanol–water partition coefficient (Wildman–Crippen LogP) is 4.43. The molecule has 3 rings (SSSR count). The van der Waals surface area contributed by atoms with Crippen molar-refractivity contribution in [2.45, 2.75) is 32.8 Å². The summed E-state index contributed by atoms with van der Waals surface area (Å²) >= 11 is 0. The summed E-state index contributed by atoms with van der Waals surface area (Å²) in [6, 6.07) is 17.6. The lowest BCUT2D eigenvalue weighted by Gasteiger charge is -1.98. The summed E-state index contributed by atoms with van der Waals surface area (Å²) in [5.74, 6) is 1.86. The van der Waals surface area contributed by atoms with Gasteiger partial charge in [-0.3, -0.25) is 0 Å². The maximum absolute atomic E-state index is 5.91. The van der Waals surface area contributed by atoms with E-state index < -0.39 is 0 Å². The van der Waals surface area contributed by atoms with Crippen LogP contribution in [-0.2, 0) is 4.74 Å². The van der Waals surface area contributed by atoms with E-state index in [1.807, 2.05) is 0 Å². The Kier molecular flexibility index (Phi) is 3.54. The highest BCUT2D eigenvalue weighted by atomic mass is 16.5. The first kappa shape index (κ1) is 13.3. The van der Waals surface area contributed by atoms with Crippen LogP contribution in [0.5, 0.6) is 0 Å². The minimum Gasteiger partial charge on any atom is -0.359 e. The molecule has 1 saturated carbocycles. The molecule has 1 aliphatic rings. The maximum Gasteiger partial charge on any atom is 0.146 e. The third-order valence-electron chi connectivity index (χ3n) is 4.00. The van der Waals surface area contributed by atoms with Crippen LogP contribution in [0.4, 0.5) is 0 Å². The van der Waals surface area contributed by atoms with Gasteiger partial charge in [-0.1, -0.05) is 29.8 Å². The molecule has 1 fully saturated rings. The monoisotopic (exact) mass is 265 g/mol. The summed E-state index contributed by atoms with van der Waals surface area (Å²) in [7, 11) is 0. The Hall–Kier alpha value is -1.73. The van der Waals surface area contributed by atoms with Crippen molar-refractivity contribution < 1.29 is 4.74 Å². The average molecular weight is 265 g/mol. The summed E-state index contributed by atoms with van der Waals surface area (Å²) in [5.41, 5.74) is 5.29. The van der Waals surface area contributed by atoms with Gasteiger partial charge >= 0.3 is 0 Å². The Balaban J connectivity index is 1.86. The second kappa shape index (κ2) is 5.34. The zero-order chi connectivity index (χ0) is 14.1. The van der Waals surface area contributed by atoms with Crippen LogP contribution in [0.1, 0.15) is 35.1 Å². The van der Waals surface area contributed by atoms with Crippen LogP contribution in [0.3, 0.4) is 0 Å².